The number of nitrogens with one attached hydrogen (secondary N) is 1. The van der Waals surface area contributed by atoms with Gasteiger partial charge in [0.1, 0.15) is 5.82 Å². The van der Waals surface area contributed by atoms with E-state index in [4.69, 9.17) is 0 Å². The molecule has 0 unspecified atom stereocenters. The first-order chi connectivity index (χ1) is 10.4. The summed E-state index contributed by atoms with van der Waals surface area (Å²) in [7, 11) is 0. The summed E-state index contributed by atoms with van der Waals surface area (Å²) in [5.41, 5.74) is 0.629. The lowest BCUT2D eigenvalue weighted by atomic mass is 10.2. The van der Waals surface area contributed by atoms with Crippen LogP contribution in [0.3, 0.4) is 0 Å². The fourth-order valence-electron chi connectivity index (χ4n) is 2.07. The van der Waals surface area contributed by atoms with Crippen molar-refractivity contribution in [3.8, 4) is 0 Å². The van der Waals surface area contributed by atoms with Gasteiger partial charge in [-0.25, -0.2) is 0 Å². The second-order valence-corrected chi connectivity index (χ2v) is 6.31. The molecule has 21 heavy (non-hydrogen) atoms. The zero-order chi connectivity index (χ0) is 14.1. The predicted molar refractivity (Wildman–Crippen MR) is 82.7 cm³/mol. The molecule has 0 bridgehead atoms. The number of hydrogen-bond acceptors (Lipinski definition) is 7. The summed E-state index contributed by atoms with van der Waals surface area (Å²) < 4.78 is 1.42. The molecular weight excluding hydrogens is 304 g/mol. The monoisotopic (exact) mass is 314 g/mol. The number of fused-ring (bicyclic) bond motifs is 1. The van der Waals surface area contributed by atoms with Crippen LogP contribution in [0, 0.1) is 0 Å². The van der Waals surface area contributed by atoms with Gasteiger partial charge in [0.2, 0.25) is 0 Å². The van der Waals surface area contributed by atoms with E-state index in [9.17, 15) is 0 Å². The van der Waals surface area contributed by atoms with Crippen molar-refractivity contribution < 1.29 is 0 Å². The standard InChI is InChI=1S/C13H10N6S2/c1-3-9(20-7-1)13(10-4-2-8-21-10)14-11-5-6-12-15-17-18-19(12)16-11/h1-8,13H,(H,14,16). The number of tetrazole rings is 1. The lowest BCUT2D eigenvalue weighted by molar-refractivity contribution is 0.731. The number of anilines is 1. The van der Waals surface area contributed by atoms with Crippen molar-refractivity contribution in [2.45, 2.75) is 6.04 Å². The van der Waals surface area contributed by atoms with Gasteiger partial charge in [-0.15, -0.1) is 37.5 Å². The molecule has 6 nitrogen and oxygen atoms in total. The highest BCUT2D eigenvalue weighted by molar-refractivity contribution is 7.11. The topological polar surface area (TPSA) is 68.0 Å². The summed E-state index contributed by atoms with van der Waals surface area (Å²) in [5, 5.41) is 23.3. The highest BCUT2D eigenvalue weighted by Crippen LogP contribution is 2.31. The maximum Gasteiger partial charge on any atom is 0.200 e. The molecular formula is C13H10N6S2. The summed E-state index contributed by atoms with van der Waals surface area (Å²) in [4.78, 5) is 2.49. The molecule has 0 atom stereocenters. The lowest BCUT2D eigenvalue weighted by Gasteiger charge is -2.16. The van der Waals surface area contributed by atoms with Crippen LogP contribution in [0.2, 0.25) is 0 Å². The Kier molecular flexibility index (Phi) is 3.09. The highest BCUT2D eigenvalue weighted by atomic mass is 32.1. The molecule has 0 aromatic carbocycles. The summed E-state index contributed by atoms with van der Waals surface area (Å²) >= 11 is 3.45. The third-order valence-electron chi connectivity index (χ3n) is 3.02. The quantitative estimate of drug-likeness (QED) is 0.627. The molecule has 0 saturated heterocycles. The smallest absolute Gasteiger partial charge is 0.200 e. The van der Waals surface area contributed by atoms with Gasteiger partial charge in [0.15, 0.2) is 5.65 Å². The Balaban J connectivity index is 1.71. The molecule has 4 aromatic heterocycles. The Labute approximate surface area is 128 Å². The van der Waals surface area contributed by atoms with E-state index < -0.39 is 0 Å². The van der Waals surface area contributed by atoms with Gasteiger partial charge in [0.25, 0.3) is 0 Å². The molecule has 4 heterocycles. The Morgan fingerprint density at radius 1 is 1.00 bits per heavy atom. The van der Waals surface area contributed by atoms with Gasteiger partial charge in [0.05, 0.1) is 6.04 Å². The maximum atomic E-state index is 4.37. The third kappa shape index (κ3) is 2.39. The van der Waals surface area contributed by atoms with Crippen LogP contribution in [0.25, 0.3) is 5.65 Å². The Morgan fingerprint density at radius 3 is 2.43 bits per heavy atom. The van der Waals surface area contributed by atoms with E-state index >= 15 is 0 Å². The van der Waals surface area contributed by atoms with Crippen molar-refractivity contribution in [2.24, 2.45) is 0 Å². The predicted octanol–water partition coefficient (Wildman–Crippen LogP) is 2.84. The molecule has 0 radical (unpaired) electrons. The fraction of sp³-hybridized carbons (Fsp3) is 0.0769. The van der Waals surface area contributed by atoms with Crippen molar-refractivity contribution in [1.29, 1.82) is 0 Å². The molecule has 1 N–H and O–H groups in total. The first-order valence-electron chi connectivity index (χ1n) is 6.29. The van der Waals surface area contributed by atoms with Crippen molar-refractivity contribution >= 4 is 34.1 Å². The Morgan fingerprint density at radius 2 is 1.76 bits per heavy atom. The number of nitrogens with zero attached hydrogens (tertiary/aromatic N) is 5. The summed E-state index contributed by atoms with van der Waals surface area (Å²) in [6.45, 7) is 0. The maximum absolute atomic E-state index is 4.37. The number of hydrogen-bond donors (Lipinski definition) is 1. The minimum absolute atomic E-state index is 0.0893. The molecule has 0 aliphatic carbocycles. The van der Waals surface area contributed by atoms with E-state index in [2.05, 4.69) is 61.0 Å². The minimum Gasteiger partial charge on any atom is -0.356 e. The minimum atomic E-state index is 0.0893. The number of aromatic nitrogens is 5. The van der Waals surface area contributed by atoms with E-state index in [1.165, 1.54) is 14.4 Å². The second-order valence-electron chi connectivity index (χ2n) is 4.35. The summed E-state index contributed by atoms with van der Waals surface area (Å²) in [6, 6.07) is 12.2. The Hall–Kier alpha value is -2.32. The molecule has 0 fully saturated rings. The average Bonchev–Trinajstić information content (AvgIpc) is 3.24. The van der Waals surface area contributed by atoms with E-state index in [1.54, 1.807) is 22.7 Å². The van der Waals surface area contributed by atoms with Crippen LogP contribution in [0.5, 0.6) is 0 Å². The van der Waals surface area contributed by atoms with Crippen LogP contribution in [-0.4, -0.2) is 25.3 Å². The van der Waals surface area contributed by atoms with E-state index in [0.717, 1.165) is 5.82 Å². The van der Waals surface area contributed by atoms with E-state index in [-0.39, 0.29) is 6.04 Å². The first-order valence-corrected chi connectivity index (χ1v) is 8.05. The van der Waals surface area contributed by atoms with Gasteiger partial charge >= 0.3 is 0 Å². The van der Waals surface area contributed by atoms with Crippen LogP contribution >= 0.6 is 22.7 Å². The van der Waals surface area contributed by atoms with Gasteiger partial charge in [-0.05, 0) is 45.5 Å². The molecule has 0 aliphatic heterocycles. The van der Waals surface area contributed by atoms with Crippen LogP contribution in [0.15, 0.2) is 47.2 Å². The molecule has 8 heteroatoms. The zero-order valence-corrected chi connectivity index (χ0v) is 12.4. The first kappa shape index (κ1) is 12.4. The normalized spacial score (nSPS) is 11.3. The molecule has 4 rings (SSSR count). The molecule has 0 amide bonds. The van der Waals surface area contributed by atoms with Gasteiger partial charge in [-0.1, -0.05) is 12.1 Å². The van der Waals surface area contributed by atoms with Crippen molar-refractivity contribution in [1.82, 2.24) is 25.3 Å². The molecule has 4 aromatic rings. The second kappa shape index (κ2) is 5.23. The van der Waals surface area contributed by atoms with Crippen molar-refractivity contribution in [3.63, 3.8) is 0 Å². The largest absolute Gasteiger partial charge is 0.356 e. The van der Waals surface area contributed by atoms with Crippen molar-refractivity contribution in [3.05, 3.63) is 56.9 Å². The van der Waals surface area contributed by atoms with E-state index in [0.29, 0.717) is 5.65 Å². The highest BCUT2D eigenvalue weighted by Gasteiger charge is 2.17. The van der Waals surface area contributed by atoms with Crippen molar-refractivity contribution in [2.75, 3.05) is 5.32 Å². The average molecular weight is 314 g/mol. The van der Waals surface area contributed by atoms with Crippen LogP contribution in [0.4, 0.5) is 5.82 Å². The molecule has 0 spiro atoms. The lowest BCUT2D eigenvalue weighted by Crippen LogP contribution is -2.12. The SMILES string of the molecule is c1csc(C(Nc2ccc3nnnn3n2)c2cccs2)c1. The summed E-state index contributed by atoms with van der Waals surface area (Å²) in [5.74, 6) is 0.738. The van der Waals surface area contributed by atoms with E-state index in [1.807, 2.05) is 12.1 Å². The molecule has 0 saturated carbocycles. The van der Waals surface area contributed by atoms with Crippen LogP contribution in [0.1, 0.15) is 15.8 Å². The number of rotatable bonds is 4. The summed E-state index contributed by atoms with van der Waals surface area (Å²) in [6.07, 6.45) is 0. The zero-order valence-electron chi connectivity index (χ0n) is 10.7. The fourth-order valence-corrected chi connectivity index (χ4v) is 3.73. The van der Waals surface area contributed by atoms with Gasteiger partial charge in [-0.2, -0.15) is 0 Å². The molecule has 104 valence electrons. The molecule has 0 aliphatic rings. The third-order valence-corrected chi connectivity index (χ3v) is 4.89. The van der Waals surface area contributed by atoms with Gasteiger partial charge < -0.3 is 5.32 Å². The Bertz CT molecular complexity index is 802. The number of thiophene rings is 2. The van der Waals surface area contributed by atoms with Gasteiger partial charge in [-0.3, -0.25) is 0 Å². The van der Waals surface area contributed by atoms with Gasteiger partial charge in [0, 0.05) is 9.75 Å². The van der Waals surface area contributed by atoms with Crippen LogP contribution < -0.4 is 5.32 Å². The van der Waals surface area contributed by atoms with Crippen LogP contribution in [-0.2, 0) is 0 Å².